The van der Waals surface area contributed by atoms with E-state index in [1.165, 1.54) is 17.5 Å². The molecule has 0 amide bonds. The fourth-order valence-electron chi connectivity index (χ4n) is 3.07. The van der Waals surface area contributed by atoms with Crippen LogP contribution in [0.4, 0.5) is 0 Å². The summed E-state index contributed by atoms with van der Waals surface area (Å²) in [4.78, 5) is 0. The first kappa shape index (κ1) is 14.2. The Kier molecular flexibility index (Phi) is 4.30. The van der Waals surface area contributed by atoms with Gasteiger partial charge >= 0.3 is 0 Å². The lowest BCUT2D eigenvalue weighted by molar-refractivity contribution is 0.166. The normalized spacial score (nSPS) is 18.1. The molecule has 1 aromatic carbocycles. The molecule has 1 aliphatic rings. The number of nitrogens with zero attached hydrogens (tertiary/aromatic N) is 1. The summed E-state index contributed by atoms with van der Waals surface area (Å²) in [7, 11) is 1.69. The zero-order valence-electron chi connectivity index (χ0n) is 12.6. The third-order valence-corrected chi connectivity index (χ3v) is 4.35. The van der Waals surface area contributed by atoms with Crippen LogP contribution in [0.2, 0.25) is 0 Å². The van der Waals surface area contributed by atoms with E-state index in [4.69, 9.17) is 4.74 Å². The minimum absolute atomic E-state index is 0.273. The van der Waals surface area contributed by atoms with Crippen molar-refractivity contribution >= 4 is 0 Å². The Morgan fingerprint density at radius 3 is 2.76 bits per heavy atom. The summed E-state index contributed by atoms with van der Waals surface area (Å²) in [6, 6.07) is 8.23. The first-order chi connectivity index (χ1) is 10.3. The molecular formula is C18H23NO2. The molecule has 1 aliphatic carbocycles. The number of aliphatic hydroxyl groups is 1. The summed E-state index contributed by atoms with van der Waals surface area (Å²) < 4.78 is 7.40. The Morgan fingerprint density at radius 1 is 1.19 bits per heavy atom. The topological polar surface area (TPSA) is 34.4 Å². The van der Waals surface area contributed by atoms with E-state index < -0.39 is 0 Å². The number of benzene rings is 1. The van der Waals surface area contributed by atoms with Gasteiger partial charge < -0.3 is 14.4 Å². The molecule has 0 radical (unpaired) electrons. The minimum atomic E-state index is -0.273. The van der Waals surface area contributed by atoms with E-state index >= 15 is 0 Å². The minimum Gasteiger partial charge on any atom is -0.497 e. The fourth-order valence-corrected chi connectivity index (χ4v) is 3.07. The number of fused-ring (bicyclic) bond motifs is 1. The lowest BCUT2D eigenvalue weighted by Crippen LogP contribution is -2.00. The molecule has 3 rings (SSSR count). The van der Waals surface area contributed by atoms with Gasteiger partial charge in [-0.15, -0.1) is 0 Å². The van der Waals surface area contributed by atoms with Crippen LogP contribution in [0.1, 0.15) is 42.1 Å². The van der Waals surface area contributed by atoms with Gasteiger partial charge in [0.2, 0.25) is 0 Å². The van der Waals surface area contributed by atoms with Crippen molar-refractivity contribution in [3.05, 3.63) is 53.3 Å². The van der Waals surface area contributed by atoms with E-state index in [2.05, 4.69) is 29.1 Å². The van der Waals surface area contributed by atoms with Crippen LogP contribution in [0.3, 0.4) is 0 Å². The van der Waals surface area contributed by atoms with Crippen LogP contribution in [-0.4, -0.2) is 16.8 Å². The van der Waals surface area contributed by atoms with E-state index in [0.29, 0.717) is 0 Å². The SMILES string of the molecule is COc1ccc(CCn2cc3c(c2)C(O)CCCC3)cc1. The Morgan fingerprint density at radius 2 is 2.00 bits per heavy atom. The molecule has 0 bridgehead atoms. The van der Waals surface area contributed by atoms with Crippen molar-refractivity contribution in [3.63, 3.8) is 0 Å². The van der Waals surface area contributed by atoms with Crippen molar-refractivity contribution < 1.29 is 9.84 Å². The lowest BCUT2D eigenvalue weighted by atomic mass is 10.1. The van der Waals surface area contributed by atoms with E-state index in [1.54, 1.807) is 7.11 Å². The molecular weight excluding hydrogens is 262 g/mol. The number of aliphatic hydroxyl groups excluding tert-OH is 1. The fraction of sp³-hybridized carbons (Fsp3) is 0.444. The Hall–Kier alpha value is -1.74. The highest BCUT2D eigenvalue weighted by Crippen LogP contribution is 2.29. The predicted octanol–water partition coefficient (Wildman–Crippen LogP) is 3.50. The average molecular weight is 285 g/mol. The molecule has 0 saturated carbocycles. The first-order valence-corrected chi connectivity index (χ1v) is 7.76. The van der Waals surface area contributed by atoms with Crippen LogP contribution in [0, 0.1) is 0 Å². The number of methoxy groups -OCH3 is 1. The number of hydrogen-bond donors (Lipinski definition) is 1. The highest BCUT2D eigenvalue weighted by atomic mass is 16.5. The highest BCUT2D eigenvalue weighted by molar-refractivity contribution is 5.29. The van der Waals surface area contributed by atoms with Gasteiger partial charge in [0.05, 0.1) is 13.2 Å². The smallest absolute Gasteiger partial charge is 0.118 e. The van der Waals surface area contributed by atoms with Gasteiger partial charge in [-0.3, -0.25) is 0 Å². The van der Waals surface area contributed by atoms with E-state index in [1.807, 2.05) is 12.1 Å². The van der Waals surface area contributed by atoms with Crippen LogP contribution in [-0.2, 0) is 19.4 Å². The molecule has 112 valence electrons. The average Bonchev–Trinajstić information content (AvgIpc) is 2.85. The number of aromatic nitrogens is 1. The van der Waals surface area contributed by atoms with Crippen molar-refractivity contribution in [1.29, 1.82) is 0 Å². The first-order valence-electron chi connectivity index (χ1n) is 7.76. The zero-order chi connectivity index (χ0) is 14.7. The van der Waals surface area contributed by atoms with Gasteiger partial charge in [0.25, 0.3) is 0 Å². The maximum absolute atomic E-state index is 10.2. The molecule has 1 unspecified atom stereocenters. The molecule has 1 atom stereocenters. The van der Waals surface area contributed by atoms with Crippen molar-refractivity contribution in [2.45, 2.75) is 44.8 Å². The number of ether oxygens (including phenoxy) is 1. The zero-order valence-corrected chi connectivity index (χ0v) is 12.6. The number of aryl methyl sites for hydroxylation is 3. The van der Waals surface area contributed by atoms with Crippen LogP contribution in [0.25, 0.3) is 0 Å². The standard InChI is InChI=1S/C18H23NO2/c1-21-16-8-6-14(7-9-16)10-11-19-12-15-4-2-3-5-18(20)17(15)13-19/h6-9,12-13,18,20H,2-5,10-11H2,1H3. The molecule has 0 spiro atoms. The van der Waals surface area contributed by atoms with Crippen LogP contribution >= 0.6 is 0 Å². The molecule has 21 heavy (non-hydrogen) atoms. The van der Waals surface area contributed by atoms with Gasteiger partial charge in [-0.25, -0.2) is 0 Å². The second-order valence-corrected chi connectivity index (χ2v) is 5.84. The molecule has 1 aromatic heterocycles. The molecule has 0 aliphatic heterocycles. The van der Waals surface area contributed by atoms with Gasteiger partial charge in [-0.2, -0.15) is 0 Å². The molecule has 1 N–H and O–H groups in total. The number of hydrogen-bond acceptors (Lipinski definition) is 2. The summed E-state index contributed by atoms with van der Waals surface area (Å²) in [6.45, 7) is 0.950. The molecule has 3 nitrogen and oxygen atoms in total. The summed E-state index contributed by atoms with van der Waals surface area (Å²) >= 11 is 0. The molecule has 0 fully saturated rings. The van der Waals surface area contributed by atoms with Gasteiger partial charge in [0, 0.05) is 24.5 Å². The molecule has 0 saturated heterocycles. The molecule has 1 heterocycles. The molecule has 3 heteroatoms. The quantitative estimate of drug-likeness (QED) is 0.872. The van der Waals surface area contributed by atoms with E-state index in [9.17, 15) is 5.11 Å². The molecule has 2 aromatic rings. The maximum atomic E-state index is 10.2. The van der Waals surface area contributed by atoms with Gasteiger partial charge in [0.1, 0.15) is 5.75 Å². The van der Waals surface area contributed by atoms with Crippen molar-refractivity contribution in [2.75, 3.05) is 7.11 Å². The van der Waals surface area contributed by atoms with Crippen LogP contribution < -0.4 is 4.74 Å². The second kappa shape index (κ2) is 6.35. The Labute approximate surface area is 126 Å². The van der Waals surface area contributed by atoms with Gasteiger partial charge in [0.15, 0.2) is 0 Å². The lowest BCUT2D eigenvalue weighted by Gasteiger charge is -2.07. The third kappa shape index (κ3) is 3.30. The summed E-state index contributed by atoms with van der Waals surface area (Å²) in [5, 5.41) is 10.2. The van der Waals surface area contributed by atoms with Crippen LogP contribution in [0.15, 0.2) is 36.7 Å². The predicted molar refractivity (Wildman–Crippen MR) is 83.6 cm³/mol. The Balaban J connectivity index is 1.66. The summed E-state index contributed by atoms with van der Waals surface area (Å²) in [5.74, 6) is 0.898. The third-order valence-electron chi connectivity index (χ3n) is 4.35. The number of rotatable bonds is 4. The van der Waals surface area contributed by atoms with E-state index in [0.717, 1.165) is 43.5 Å². The second-order valence-electron chi connectivity index (χ2n) is 5.84. The van der Waals surface area contributed by atoms with Crippen molar-refractivity contribution in [2.24, 2.45) is 0 Å². The summed E-state index contributed by atoms with van der Waals surface area (Å²) in [5.41, 5.74) is 3.78. The Bertz CT molecular complexity index is 586. The largest absolute Gasteiger partial charge is 0.497 e. The van der Waals surface area contributed by atoms with Crippen molar-refractivity contribution in [1.82, 2.24) is 4.57 Å². The van der Waals surface area contributed by atoms with Gasteiger partial charge in [-0.05, 0) is 48.9 Å². The van der Waals surface area contributed by atoms with E-state index in [-0.39, 0.29) is 6.10 Å². The highest BCUT2D eigenvalue weighted by Gasteiger charge is 2.18. The van der Waals surface area contributed by atoms with Gasteiger partial charge in [-0.1, -0.05) is 18.6 Å². The monoisotopic (exact) mass is 285 g/mol. The maximum Gasteiger partial charge on any atom is 0.118 e. The summed E-state index contributed by atoms with van der Waals surface area (Å²) in [6.07, 6.45) is 9.38. The van der Waals surface area contributed by atoms with Crippen LogP contribution in [0.5, 0.6) is 5.75 Å². The van der Waals surface area contributed by atoms with Crippen molar-refractivity contribution in [3.8, 4) is 5.75 Å².